The first kappa shape index (κ1) is 23.7. The van der Waals surface area contributed by atoms with Crippen LogP contribution in [-0.2, 0) is 17.8 Å². The maximum Gasteiger partial charge on any atom is 0.194 e. The van der Waals surface area contributed by atoms with Crippen LogP contribution in [0.2, 0.25) is 0 Å². The van der Waals surface area contributed by atoms with Crippen molar-refractivity contribution in [3.8, 4) is 0 Å². The van der Waals surface area contributed by atoms with Crippen molar-refractivity contribution in [2.24, 2.45) is 4.99 Å². The van der Waals surface area contributed by atoms with Gasteiger partial charge in [-0.25, -0.2) is 4.98 Å². The maximum absolute atomic E-state index is 5.64. The number of ether oxygens (including phenoxy) is 1. The SMILES string of the molecule is CN=C(NCc1ccnc(N2CCOC(C)C2)c1)N1CCN(Cc2ccon2)CC1.I. The van der Waals surface area contributed by atoms with Crippen molar-refractivity contribution >= 4 is 35.8 Å². The number of halogens is 1. The molecule has 4 rings (SSSR count). The van der Waals surface area contributed by atoms with E-state index in [0.717, 1.165) is 76.4 Å². The van der Waals surface area contributed by atoms with Crippen LogP contribution in [0.15, 0.2) is 40.2 Å². The number of anilines is 1. The smallest absolute Gasteiger partial charge is 0.194 e. The van der Waals surface area contributed by atoms with Gasteiger partial charge in [0.1, 0.15) is 12.1 Å². The van der Waals surface area contributed by atoms with Gasteiger partial charge in [0.15, 0.2) is 5.96 Å². The van der Waals surface area contributed by atoms with E-state index in [1.165, 1.54) is 5.56 Å². The van der Waals surface area contributed by atoms with Crippen LogP contribution in [0.5, 0.6) is 0 Å². The van der Waals surface area contributed by atoms with Crippen LogP contribution in [0.4, 0.5) is 5.82 Å². The third-order valence-electron chi connectivity index (χ3n) is 5.59. The predicted octanol–water partition coefficient (Wildman–Crippen LogP) is 1.81. The molecule has 2 saturated heterocycles. The van der Waals surface area contributed by atoms with E-state index in [9.17, 15) is 0 Å². The van der Waals surface area contributed by atoms with Gasteiger partial charge in [-0.3, -0.25) is 9.89 Å². The van der Waals surface area contributed by atoms with Gasteiger partial charge in [0.2, 0.25) is 0 Å². The summed E-state index contributed by atoms with van der Waals surface area (Å²) >= 11 is 0. The number of rotatable bonds is 5. The lowest BCUT2D eigenvalue weighted by Crippen LogP contribution is -2.52. The van der Waals surface area contributed by atoms with Crippen molar-refractivity contribution < 1.29 is 9.26 Å². The average molecular weight is 541 g/mol. The van der Waals surface area contributed by atoms with Gasteiger partial charge >= 0.3 is 0 Å². The van der Waals surface area contributed by atoms with E-state index in [1.54, 1.807) is 6.26 Å². The molecular weight excluding hydrogens is 509 g/mol. The van der Waals surface area contributed by atoms with Gasteiger partial charge in [-0.2, -0.15) is 0 Å². The Balaban J connectivity index is 0.00000272. The zero-order chi connectivity index (χ0) is 20.8. The molecule has 4 heterocycles. The highest BCUT2D eigenvalue weighted by Gasteiger charge is 2.21. The number of aliphatic imine (C=N–C) groups is 1. The van der Waals surface area contributed by atoms with Crippen molar-refractivity contribution in [2.45, 2.75) is 26.1 Å². The lowest BCUT2D eigenvalue weighted by molar-refractivity contribution is 0.0529. The second-order valence-corrected chi connectivity index (χ2v) is 7.80. The molecular formula is C21H32IN7O2. The second-order valence-electron chi connectivity index (χ2n) is 7.80. The van der Waals surface area contributed by atoms with Gasteiger partial charge in [-0.15, -0.1) is 24.0 Å². The summed E-state index contributed by atoms with van der Waals surface area (Å²) in [6.07, 6.45) is 3.75. The van der Waals surface area contributed by atoms with Gasteiger partial charge in [-0.05, 0) is 24.6 Å². The molecule has 1 atom stereocenters. The number of hydrogen-bond donors (Lipinski definition) is 1. The van der Waals surface area contributed by atoms with Gasteiger partial charge in [-0.1, -0.05) is 5.16 Å². The van der Waals surface area contributed by atoms with Gasteiger partial charge in [0.05, 0.1) is 18.4 Å². The van der Waals surface area contributed by atoms with Crippen molar-refractivity contribution in [3.05, 3.63) is 41.9 Å². The number of hydrogen-bond acceptors (Lipinski definition) is 7. The molecule has 10 heteroatoms. The molecule has 0 aliphatic carbocycles. The van der Waals surface area contributed by atoms with Crippen molar-refractivity contribution in [3.63, 3.8) is 0 Å². The summed E-state index contributed by atoms with van der Waals surface area (Å²) in [5, 5.41) is 7.52. The Bertz CT molecular complexity index is 825. The number of guanidine groups is 1. The van der Waals surface area contributed by atoms with E-state index in [4.69, 9.17) is 9.26 Å². The Morgan fingerprint density at radius 3 is 2.77 bits per heavy atom. The first-order valence-electron chi connectivity index (χ1n) is 10.6. The monoisotopic (exact) mass is 541 g/mol. The molecule has 170 valence electrons. The van der Waals surface area contributed by atoms with E-state index < -0.39 is 0 Å². The van der Waals surface area contributed by atoms with E-state index in [2.05, 4.69) is 54.2 Å². The fraction of sp³-hybridized carbons (Fsp3) is 0.571. The lowest BCUT2D eigenvalue weighted by atomic mass is 10.2. The van der Waals surface area contributed by atoms with Crippen molar-refractivity contribution in [2.75, 3.05) is 57.8 Å². The molecule has 0 bridgehead atoms. The number of nitrogens with zero attached hydrogens (tertiary/aromatic N) is 6. The highest BCUT2D eigenvalue weighted by atomic mass is 127. The largest absolute Gasteiger partial charge is 0.375 e. The Morgan fingerprint density at radius 1 is 1.23 bits per heavy atom. The molecule has 0 aromatic carbocycles. The van der Waals surface area contributed by atoms with Crippen LogP contribution < -0.4 is 10.2 Å². The summed E-state index contributed by atoms with van der Waals surface area (Å²) in [6.45, 7) is 9.99. The molecule has 0 amide bonds. The summed E-state index contributed by atoms with van der Waals surface area (Å²) in [5.41, 5.74) is 2.18. The first-order chi connectivity index (χ1) is 14.7. The maximum atomic E-state index is 5.64. The molecule has 1 unspecified atom stereocenters. The van der Waals surface area contributed by atoms with Crippen LogP contribution in [0.25, 0.3) is 0 Å². The Kier molecular flexibility index (Phi) is 8.90. The van der Waals surface area contributed by atoms with Crippen LogP contribution in [-0.4, -0.2) is 84.9 Å². The Labute approximate surface area is 200 Å². The Hall–Kier alpha value is -1.92. The van der Waals surface area contributed by atoms with E-state index >= 15 is 0 Å². The standard InChI is InChI=1S/C21H31N7O2.HI/c1-17-15-28(10-12-29-17)20-13-18(3-5-23-20)14-24-21(22-2)27-8-6-26(7-9-27)16-19-4-11-30-25-19;/h3-5,11,13,17H,6-10,12,14-16H2,1-2H3,(H,22,24);1H. The molecule has 2 aromatic heterocycles. The van der Waals surface area contributed by atoms with Gasteiger partial charge in [0.25, 0.3) is 0 Å². The average Bonchev–Trinajstić information content (AvgIpc) is 3.28. The summed E-state index contributed by atoms with van der Waals surface area (Å²) in [5.74, 6) is 1.95. The Morgan fingerprint density at radius 2 is 2.06 bits per heavy atom. The van der Waals surface area contributed by atoms with E-state index in [1.807, 2.05) is 19.3 Å². The van der Waals surface area contributed by atoms with Crippen LogP contribution in [0.3, 0.4) is 0 Å². The van der Waals surface area contributed by atoms with Gasteiger partial charge in [0, 0.05) is 71.7 Å². The number of piperazine rings is 1. The highest BCUT2D eigenvalue weighted by molar-refractivity contribution is 14.0. The minimum atomic E-state index is 0. The normalized spacial score (nSPS) is 20.5. The molecule has 2 aliphatic heterocycles. The van der Waals surface area contributed by atoms with Crippen LogP contribution >= 0.6 is 24.0 Å². The number of pyridine rings is 1. The molecule has 0 saturated carbocycles. The molecule has 2 aromatic rings. The zero-order valence-corrected chi connectivity index (χ0v) is 20.6. The summed E-state index contributed by atoms with van der Waals surface area (Å²) in [4.78, 5) is 16.0. The summed E-state index contributed by atoms with van der Waals surface area (Å²) in [7, 11) is 1.84. The third-order valence-corrected chi connectivity index (χ3v) is 5.59. The van der Waals surface area contributed by atoms with Gasteiger partial charge < -0.3 is 24.4 Å². The van der Waals surface area contributed by atoms with E-state index in [-0.39, 0.29) is 30.1 Å². The minimum absolute atomic E-state index is 0. The molecule has 2 fully saturated rings. The fourth-order valence-electron chi connectivity index (χ4n) is 3.95. The molecule has 9 nitrogen and oxygen atoms in total. The quantitative estimate of drug-likeness (QED) is 0.349. The molecule has 0 radical (unpaired) electrons. The highest BCUT2D eigenvalue weighted by Crippen LogP contribution is 2.16. The lowest BCUT2D eigenvalue weighted by Gasteiger charge is -2.36. The first-order valence-corrected chi connectivity index (χ1v) is 10.6. The number of aromatic nitrogens is 2. The number of morpholine rings is 1. The predicted molar refractivity (Wildman–Crippen MR) is 131 cm³/mol. The fourth-order valence-corrected chi connectivity index (χ4v) is 3.95. The topological polar surface area (TPSA) is 82.3 Å². The van der Waals surface area contributed by atoms with E-state index in [0.29, 0.717) is 0 Å². The summed E-state index contributed by atoms with van der Waals surface area (Å²) in [6, 6.07) is 6.14. The zero-order valence-electron chi connectivity index (χ0n) is 18.2. The minimum Gasteiger partial charge on any atom is -0.375 e. The molecule has 2 aliphatic rings. The molecule has 0 spiro atoms. The molecule has 1 N–H and O–H groups in total. The van der Waals surface area contributed by atoms with Crippen LogP contribution in [0, 0.1) is 0 Å². The van der Waals surface area contributed by atoms with Crippen molar-refractivity contribution in [1.82, 2.24) is 25.3 Å². The third kappa shape index (κ3) is 6.53. The molecule has 31 heavy (non-hydrogen) atoms. The second kappa shape index (κ2) is 11.6. The van der Waals surface area contributed by atoms with Crippen molar-refractivity contribution in [1.29, 1.82) is 0 Å². The number of nitrogens with one attached hydrogen (secondary N) is 1. The van der Waals surface area contributed by atoms with Crippen LogP contribution in [0.1, 0.15) is 18.2 Å². The summed E-state index contributed by atoms with van der Waals surface area (Å²) < 4.78 is 10.6.